The Bertz CT molecular complexity index is 266. The molecule has 0 spiro atoms. The molecule has 0 saturated carbocycles. The monoisotopic (exact) mass is 180 g/mol. The van der Waals surface area contributed by atoms with Gasteiger partial charge in [0, 0.05) is 13.1 Å². The first-order chi connectivity index (χ1) is 6.36. The third-order valence-electron chi connectivity index (χ3n) is 2.16. The number of β-amino-alcohol motifs (C(OH)–C–C–N with tert-alkyl or cyclic N) is 1. The van der Waals surface area contributed by atoms with Gasteiger partial charge in [-0.2, -0.15) is 0 Å². The van der Waals surface area contributed by atoms with E-state index >= 15 is 0 Å². The van der Waals surface area contributed by atoms with Crippen molar-refractivity contribution in [2.24, 2.45) is 0 Å². The second-order valence-corrected chi connectivity index (χ2v) is 3.18. The van der Waals surface area contributed by atoms with E-state index in [0.717, 1.165) is 19.4 Å². The van der Waals surface area contributed by atoms with Crippen molar-refractivity contribution in [2.75, 3.05) is 18.0 Å². The van der Waals surface area contributed by atoms with E-state index in [0.29, 0.717) is 12.5 Å². The highest BCUT2D eigenvalue weighted by Crippen LogP contribution is 2.14. The van der Waals surface area contributed by atoms with Gasteiger partial charge in [0.05, 0.1) is 6.10 Å². The summed E-state index contributed by atoms with van der Waals surface area (Å²) in [7, 11) is 0. The molecule has 0 bridgehead atoms. The summed E-state index contributed by atoms with van der Waals surface area (Å²) in [5.74, 6) is 0.661. The van der Waals surface area contributed by atoms with Gasteiger partial charge in [0.15, 0.2) is 0 Å². The van der Waals surface area contributed by atoms with E-state index < -0.39 is 0 Å². The minimum absolute atomic E-state index is 0.245. The lowest BCUT2D eigenvalue weighted by Gasteiger charge is -2.29. The quantitative estimate of drug-likeness (QED) is 0.650. The Morgan fingerprint density at radius 1 is 1.38 bits per heavy atom. The van der Waals surface area contributed by atoms with E-state index in [1.165, 1.54) is 12.7 Å². The standard InChI is InChI=1S/C8H12N4O/c13-7-2-1-3-12(4-7)8-10-5-9-6-11-8/h5-7,13H,1-4H2. The van der Waals surface area contributed by atoms with Gasteiger partial charge < -0.3 is 10.0 Å². The molecule has 70 valence electrons. The maximum absolute atomic E-state index is 9.43. The summed E-state index contributed by atoms with van der Waals surface area (Å²) in [6, 6.07) is 0. The zero-order valence-corrected chi connectivity index (χ0v) is 7.30. The van der Waals surface area contributed by atoms with Gasteiger partial charge in [0.2, 0.25) is 5.95 Å². The van der Waals surface area contributed by atoms with E-state index in [4.69, 9.17) is 0 Å². The molecule has 1 aliphatic rings. The Labute approximate surface area is 76.5 Å². The molecule has 5 heteroatoms. The average molecular weight is 180 g/mol. The van der Waals surface area contributed by atoms with Crippen LogP contribution >= 0.6 is 0 Å². The Kier molecular flexibility index (Phi) is 2.35. The lowest BCUT2D eigenvalue weighted by molar-refractivity contribution is 0.153. The molecule has 1 saturated heterocycles. The summed E-state index contributed by atoms with van der Waals surface area (Å²) >= 11 is 0. The summed E-state index contributed by atoms with van der Waals surface area (Å²) < 4.78 is 0. The number of hydrogen-bond acceptors (Lipinski definition) is 5. The Morgan fingerprint density at radius 3 is 2.85 bits per heavy atom. The Morgan fingerprint density at radius 2 is 2.15 bits per heavy atom. The SMILES string of the molecule is OC1CCCN(c2ncncn2)C1. The van der Waals surface area contributed by atoms with Crippen molar-refractivity contribution in [2.45, 2.75) is 18.9 Å². The first-order valence-corrected chi connectivity index (χ1v) is 4.41. The lowest BCUT2D eigenvalue weighted by Crippen LogP contribution is -2.39. The molecule has 0 aliphatic carbocycles. The largest absolute Gasteiger partial charge is 0.391 e. The summed E-state index contributed by atoms with van der Waals surface area (Å²) in [6.07, 6.45) is 4.58. The third-order valence-corrected chi connectivity index (χ3v) is 2.16. The fraction of sp³-hybridized carbons (Fsp3) is 0.625. The molecular formula is C8H12N4O. The van der Waals surface area contributed by atoms with Gasteiger partial charge in [-0.1, -0.05) is 0 Å². The molecule has 1 atom stereocenters. The average Bonchev–Trinajstić information content (AvgIpc) is 2.19. The van der Waals surface area contributed by atoms with Crippen LogP contribution in [0.2, 0.25) is 0 Å². The van der Waals surface area contributed by atoms with Crippen LogP contribution in [-0.4, -0.2) is 39.3 Å². The number of aliphatic hydroxyl groups excluding tert-OH is 1. The van der Waals surface area contributed by atoms with Crippen molar-refractivity contribution in [1.82, 2.24) is 15.0 Å². The minimum atomic E-state index is -0.245. The van der Waals surface area contributed by atoms with Crippen LogP contribution in [0, 0.1) is 0 Å². The van der Waals surface area contributed by atoms with Crippen molar-refractivity contribution >= 4 is 5.95 Å². The van der Waals surface area contributed by atoms with Crippen molar-refractivity contribution in [3.63, 3.8) is 0 Å². The van der Waals surface area contributed by atoms with Gasteiger partial charge >= 0.3 is 0 Å². The van der Waals surface area contributed by atoms with Gasteiger partial charge in [-0.15, -0.1) is 0 Å². The summed E-state index contributed by atoms with van der Waals surface area (Å²) in [6.45, 7) is 1.55. The van der Waals surface area contributed by atoms with E-state index in [2.05, 4.69) is 15.0 Å². The number of nitrogens with zero attached hydrogens (tertiary/aromatic N) is 4. The molecule has 2 heterocycles. The molecule has 1 fully saturated rings. The Balaban J connectivity index is 2.08. The van der Waals surface area contributed by atoms with Crippen LogP contribution in [0.25, 0.3) is 0 Å². The van der Waals surface area contributed by atoms with E-state index in [9.17, 15) is 5.11 Å². The highest BCUT2D eigenvalue weighted by atomic mass is 16.3. The molecule has 13 heavy (non-hydrogen) atoms. The second kappa shape index (κ2) is 3.66. The van der Waals surface area contributed by atoms with Crippen molar-refractivity contribution in [1.29, 1.82) is 0 Å². The summed E-state index contributed by atoms with van der Waals surface area (Å²) in [4.78, 5) is 13.8. The van der Waals surface area contributed by atoms with Crippen LogP contribution in [0.15, 0.2) is 12.7 Å². The number of aromatic nitrogens is 3. The third kappa shape index (κ3) is 1.92. The van der Waals surface area contributed by atoms with Crippen molar-refractivity contribution < 1.29 is 5.11 Å². The number of rotatable bonds is 1. The summed E-state index contributed by atoms with van der Waals surface area (Å²) in [5, 5.41) is 9.43. The molecule has 5 nitrogen and oxygen atoms in total. The van der Waals surface area contributed by atoms with Crippen molar-refractivity contribution in [3.8, 4) is 0 Å². The molecule has 2 rings (SSSR count). The fourth-order valence-corrected chi connectivity index (χ4v) is 1.53. The van der Waals surface area contributed by atoms with Crippen LogP contribution in [0.1, 0.15) is 12.8 Å². The maximum atomic E-state index is 9.43. The molecule has 1 aromatic heterocycles. The van der Waals surface area contributed by atoms with E-state index in [-0.39, 0.29) is 6.10 Å². The number of anilines is 1. The van der Waals surface area contributed by atoms with Gasteiger partial charge in [-0.25, -0.2) is 15.0 Å². The second-order valence-electron chi connectivity index (χ2n) is 3.18. The topological polar surface area (TPSA) is 62.1 Å². The van der Waals surface area contributed by atoms with Crippen molar-refractivity contribution in [3.05, 3.63) is 12.7 Å². The first-order valence-electron chi connectivity index (χ1n) is 4.41. The number of piperidine rings is 1. The van der Waals surface area contributed by atoms with Crippen LogP contribution in [0.5, 0.6) is 0 Å². The molecule has 1 unspecified atom stereocenters. The normalized spacial score (nSPS) is 23.2. The maximum Gasteiger partial charge on any atom is 0.228 e. The molecule has 1 aliphatic heterocycles. The lowest BCUT2D eigenvalue weighted by atomic mass is 10.1. The van der Waals surface area contributed by atoms with Gasteiger partial charge in [0.25, 0.3) is 0 Å². The molecule has 0 aromatic carbocycles. The number of hydrogen-bond donors (Lipinski definition) is 1. The highest BCUT2D eigenvalue weighted by molar-refractivity contribution is 5.28. The Hall–Kier alpha value is -1.23. The van der Waals surface area contributed by atoms with E-state index in [1.807, 2.05) is 4.90 Å². The predicted octanol–water partition coefficient (Wildman–Crippen LogP) is -0.167. The van der Waals surface area contributed by atoms with Crippen LogP contribution in [0.4, 0.5) is 5.95 Å². The highest BCUT2D eigenvalue weighted by Gasteiger charge is 2.19. The molecule has 1 aromatic rings. The first kappa shape index (κ1) is 8.37. The van der Waals surface area contributed by atoms with E-state index in [1.54, 1.807) is 0 Å². The predicted molar refractivity (Wildman–Crippen MR) is 47.3 cm³/mol. The zero-order chi connectivity index (χ0) is 9.10. The van der Waals surface area contributed by atoms with Crippen LogP contribution in [0.3, 0.4) is 0 Å². The molecule has 0 radical (unpaired) electrons. The van der Waals surface area contributed by atoms with Crippen LogP contribution < -0.4 is 4.90 Å². The smallest absolute Gasteiger partial charge is 0.228 e. The molecular weight excluding hydrogens is 168 g/mol. The van der Waals surface area contributed by atoms with Gasteiger partial charge in [-0.05, 0) is 12.8 Å². The number of aliphatic hydroxyl groups is 1. The van der Waals surface area contributed by atoms with Gasteiger partial charge in [0.1, 0.15) is 12.7 Å². The van der Waals surface area contributed by atoms with Gasteiger partial charge in [-0.3, -0.25) is 0 Å². The minimum Gasteiger partial charge on any atom is -0.391 e. The summed E-state index contributed by atoms with van der Waals surface area (Å²) in [5.41, 5.74) is 0. The molecule has 1 N–H and O–H groups in total. The molecule has 0 amide bonds. The van der Waals surface area contributed by atoms with Crippen LogP contribution in [-0.2, 0) is 0 Å². The zero-order valence-electron chi connectivity index (χ0n) is 7.30. The fourth-order valence-electron chi connectivity index (χ4n) is 1.53.